The third kappa shape index (κ3) is 1.64. The predicted molar refractivity (Wildman–Crippen MR) is 68.2 cm³/mol. The van der Waals surface area contributed by atoms with Crippen LogP contribution in [-0.2, 0) is 5.79 Å². The SMILES string of the molecule is Cc1c(F)ccc2c(=O)c(C(=O)O)cn(C3(F)CC3)c12. The van der Waals surface area contributed by atoms with E-state index in [1.807, 2.05) is 0 Å². The Bertz CT molecular complexity index is 806. The standard InChI is InChI=1S/C14H11F2NO3/c1-7-10(15)3-2-8-11(7)17(14(16)4-5-14)6-9(12(8)18)13(19)20/h2-3,6H,4-5H2,1H3,(H,19,20). The number of aromatic carboxylic acids is 1. The Morgan fingerprint density at radius 1 is 1.40 bits per heavy atom. The van der Waals surface area contributed by atoms with Crippen LogP contribution in [0.2, 0.25) is 0 Å². The fourth-order valence-electron chi connectivity index (χ4n) is 2.38. The fraction of sp³-hybridized carbons (Fsp3) is 0.286. The summed E-state index contributed by atoms with van der Waals surface area (Å²) in [4.78, 5) is 23.2. The van der Waals surface area contributed by atoms with E-state index in [4.69, 9.17) is 5.11 Å². The van der Waals surface area contributed by atoms with Crippen molar-refractivity contribution in [1.29, 1.82) is 0 Å². The molecule has 0 atom stereocenters. The quantitative estimate of drug-likeness (QED) is 0.919. The van der Waals surface area contributed by atoms with Gasteiger partial charge in [0.1, 0.15) is 11.4 Å². The minimum Gasteiger partial charge on any atom is -0.477 e. The minimum absolute atomic E-state index is 0.0210. The zero-order chi connectivity index (χ0) is 14.7. The highest BCUT2D eigenvalue weighted by Crippen LogP contribution is 2.46. The van der Waals surface area contributed by atoms with E-state index in [0.29, 0.717) is 0 Å². The summed E-state index contributed by atoms with van der Waals surface area (Å²) in [5, 5.41) is 9.07. The van der Waals surface area contributed by atoms with E-state index >= 15 is 0 Å². The van der Waals surface area contributed by atoms with Crippen molar-refractivity contribution in [3.63, 3.8) is 0 Å². The number of carbonyl (C=O) groups is 1. The van der Waals surface area contributed by atoms with Crippen LogP contribution in [0.4, 0.5) is 8.78 Å². The smallest absolute Gasteiger partial charge is 0.341 e. The summed E-state index contributed by atoms with van der Waals surface area (Å²) in [5.74, 6) is -3.70. The Morgan fingerprint density at radius 2 is 2.05 bits per heavy atom. The monoisotopic (exact) mass is 279 g/mol. The van der Waals surface area contributed by atoms with E-state index in [1.54, 1.807) is 0 Å². The molecule has 1 heterocycles. The van der Waals surface area contributed by atoms with Crippen LogP contribution in [-0.4, -0.2) is 15.6 Å². The number of alkyl halides is 1. The maximum atomic E-state index is 14.4. The van der Waals surface area contributed by atoms with Crippen molar-refractivity contribution in [2.24, 2.45) is 0 Å². The molecule has 1 N–H and O–H groups in total. The molecule has 0 bridgehead atoms. The third-order valence-corrected chi connectivity index (χ3v) is 3.68. The Hall–Kier alpha value is -2.24. The molecule has 6 heteroatoms. The topological polar surface area (TPSA) is 59.3 Å². The van der Waals surface area contributed by atoms with E-state index in [1.165, 1.54) is 13.0 Å². The lowest BCUT2D eigenvalue weighted by Crippen LogP contribution is -2.23. The van der Waals surface area contributed by atoms with Crippen molar-refractivity contribution in [3.8, 4) is 0 Å². The molecule has 0 radical (unpaired) electrons. The molecule has 4 nitrogen and oxygen atoms in total. The summed E-state index contributed by atoms with van der Waals surface area (Å²) in [5.41, 5.74) is -0.969. The van der Waals surface area contributed by atoms with Crippen LogP contribution in [0.15, 0.2) is 23.1 Å². The Morgan fingerprint density at radius 3 is 2.60 bits per heavy atom. The van der Waals surface area contributed by atoms with E-state index in [9.17, 15) is 18.4 Å². The zero-order valence-electron chi connectivity index (χ0n) is 10.6. The molecule has 2 aromatic rings. The van der Waals surface area contributed by atoms with E-state index in [2.05, 4.69) is 0 Å². The largest absolute Gasteiger partial charge is 0.477 e. The molecule has 1 saturated carbocycles. The van der Waals surface area contributed by atoms with Crippen LogP contribution in [0.5, 0.6) is 0 Å². The maximum Gasteiger partial charge on any atom is 0.341 e. The molecular weight excluding hydrogens is 268 g/mol. The van der Waals surface area contributed by atoms with Gasteiger partial charge >= 0.3 is 5.97 Å². The molecule has 1 aliphatic rings. The lowest BCUT2D eigenvalue weighted by atomic mass is 10.1. The molecule has 1 aliphatic carbocycles. The van der Waals surface area contributed by atoms with Crippen LogP contribution in [0.1, 0.15) is 28.8 Å². The Kier molecular flexibility index (Phi) is 2.48. The first kappa shape index (κ1) is 12.8. The predicted octanol–water partition coefficient (Wildman–Crippen LogP) is 2.56. The van der Waals surface area contributed by atoms with Crippen molar-refractivity contribution in [2.75, 3.05) is 0 Å². The second-order valence-electron chi connectivity index (χ2n) is 5.03. The van der Waals surface area contributed by atoms with Gasteiger partial charge in [-0.05, 0) is 19.1 Å². The highest BCUT2D eigenvalue weighted by atomic mass is 19.1. The van der Waals surface area contributed by atoms with Crippen LogP contribution in [0.25, 0.3) is 10.9 Å². The molecule has 1 aromatic carbocycles. The van der Waals surface area contributed by atoms with Gasteiger partial charge in [0, 0.05) is 30.0 Å². The molecule has 0 spiro atoms. The highest BCUT2D eigenvalue weighted by molar-refractivity contribution is 5.93. The number of fused-ring (bicyclic) bond motifs is 1. The summed E-state index contributed by atoms with van der Waals surface area (Å²) >= 11 is 0. The van der Waals surface area contributed by atoms with Gasteiger partial charge in [-0.15, -0.1) is 0 Å². The number of aryl methyl sites for hydroxylation is 1. The van der Waals surface area contributed by atoms with Gasteiger partial charge < -0.3 is 9.67 Å². The number of benzene rings is 1. The van der Waals surface area contributed by atoms with Crippen LogP contribution >= 0.6 is 0 Å². The normalized spacial score (nSPS) is 16.4. The van der Waals surface area contributed by atoms with Crippen LogP contribution < -0.4 is 5.43 Å². The third-order valence-electron chi connectivity index (χ3n) is 3.68. The van der Waals surface area contributed by atoms with Crippen molar-refractivity contribution >= 4 is 16.9 Å². The second kappa shape index (κ2) is 3.88. The number of hydrogen-bond acceptors (Lipinski definition) is 2. The van der Waals surface area contributed by atoms with Crippen LogP contribution in [0.3, 0.4) is 0 Å². The summed E-state index contributed by atoms with van der Waals surface area (Å²) in [7, 11) is 0. The van der Waals surface area contributed by atoms with Crippen LogP contribution in [0, 0.1) is 12.7 Å². The lowest BCUT2D eigenvalue weighted by Gasteiger charge is -2.17. The minimum atomic E-state index is -1.73. The number of aromatic nitrogens is 1. The van der Waals surface area contributed by atoms with Gasteiger partial charge in [0.05, 0.1) is 5.52 Å². The van der Waals surface area contributed by atoms with Gasteiger partial charge in [0.2, 0.25) is 5.43 Å². The van der Waals surface area contributed by atoms with Gasteiger partial charge in [0.25, 0.3) is 0 Å². The zero-order valence-corrected chi connectivity index (χ0v) is 10.6. The molecule has 0 saturated heterocycles. The number of nitrogens with zero attached hydrogens (tertiary/aromatic N) is 1. The fourth-order valence-corrected chi connectivity index (χ4v) is 2.38. The van der Waals surface area contributed by atoms with Crippen molar-refractivity contribution in [3.05, 3.63) is 45.5 Å². The van der Waals surface area contributed by atoms with Gasteiger partial charge in [-0.3, -0.25) is 4.79 Å². The van der Waals surface area contributed by atoms with Crippen molar-refractivity contribution < 1.29 is 18.7 Å². The van der Waals surface area contributed by atoms with E-state index in [0.717, 1.165) is 16.8 Å². The summed E-state index contributed by atoms with van der Waals surface area (Å²) in [6, 6.07) is 2.29. The molecule has 3 rings (SSSR count). The first-order valence-corrected chi connectivity index (χ1v) is 6.12. The molecular formula is C14H11F2NO3. The van der Waals surface area contributed by atoms with Gasteiger partial charge in [0.15, 0.2) is 5.79 Å². The summed E-state index contributed by atoms with van der Waals surface area (Å²) < 4.78 is 29.2. The molecule has 0 amide bonds. The Balaban J connectivity index is 2.52. The average Bonchev–Trinajstić information content (AvgIpc) is 3.13. The van der Waals surface area contributed by atoms with Crippen molar-refractivity contribution in [1.82, 2.24) is 4.57 Å². The molecule has 20 heavy (non-hydrogen) atoms. The number of rotatable bonds is 2. The first-order chi connectivity index (χ1) is 9.35. The maximum absolute atomic E-state index is 14.4. The number of carboxylic acid groups (broad SMARTS) is 1. The van der Waals surface area contributed by atoms with Gasteiger partial charge in [-0.1, -0.05) is 0 Å². The van der Waals surface area contributed by atoms with Gasteiger partial charge in [-0.25, -0.2) is 13.6 Å². The van der Waals surface area contributed by atoms with E-state index in [-0.39, 0.29) is 29.3 Å². The molecule has 1 aromatic heterocycles. The lowest BCUT2D eigenvalue weighted by molar-refractivity contribution is 0.0694. The molecule has 0 aliphatic heterocycles. The van der Waals surface area contributed by atoms with E-state index < -0.39 is 28.6 Å². The molecule has 0 unspecified atom stereocenters. The first-order valence-electron chi connectivity index (χ1n) is 6.12. The van der Waals surface area contributed by atoms with Gasteiger partial charge in [-0.2, -0.15) is 0 Å². The summed E-state index contributed by atoms with van der Waals surface area (Å²) in [6.45, 7) is 1.44. The second-order valence-corrected chi connectivity index (χ2v) is 5.03. The Labute approximate surface area is 112 Å². The summed E-state index contributed by atoms with van der Waals surface area (Å²) in [6.07, 6.45) is 1.42. The number of hydrogen-bond donors (Lipinski definition) is 1. The average molecular weight is 279 g/mol. The number of pyridine rings is 1. The number of carboxylic acids is 1. The highest BCUT2D eigenvalue weighted by Gasteiger charge is 2.46. The van der Waals surface area contributed by atoms with Crippen molar-refractivity contribution in [2.45, 2.75) is 25.6 Å². The number of halogens is 2. The molecule has 1 fully saturated rings. The molecule has 104 valence electrons.